The van der Waals surface area contributed by atoms with Crippen molar-refractivity contribution in [1.29, 1.82) is 0 Å². The molecular formula is C36H27Cl2N9Ru. The molecular weight excluding hydrogens is 730 g/mol. The maximum atomic E-state index is 5.95. The van der Waals surface area contributed by atoms with Gasteiger partial charge in [0.15, 0.2) is 0 Å². The van der Waals surface area contributed by atoms with Crippen molar-refractivity contribution in [3.8, 4) is 0 Å². The average Bonchev–Trinajstić information content (AvgIpc) is 3.13. The number of fused-ring (bicyclic) bond motifs is 9. The van der Waals surface area contributed by atoms with E-state index in [1.54, 1.807) is 37.2 Å². The molecule has 3 aromatic carbocycles. The van der Waals surface area contributed by atoms with Gasteiger partial charge in [-0.1, -0.05) is 18.2 Å². The van der Waals surface area contributed by atoms with Gasteiger partial charge in [-0.25, -0.2) is 0 Å². The Morgan fingerprint density at radius 3 is 0.875 bits per heavy atom. The van der Waals surface area contributed by atoms with E-state index in [0.29, 0.717) is 0 Å². The second kappa shape index (κ2) is 15.1. The van der Waals surface area contributed by atoms with Crippen molar-refractivity contribution in [3.63, 3.8) is 0 Å². The van der Waals surface area contributed by atoms with Crippen LogP contribution in [0.1, 0.15) is 0 Å². The molecule has 238 valence electrons. The zero-order valence-electron chi connectivity index (χ0n) is 25.1. The van der Waals surface area contributed by atoms with Gasteiger partial charge in [0.05, 0.1) is 33.1 Å². The Labute approximate surface area is 290 Å². The Morgan fingerprint density at radius 2 is 0.604 bits per heavy atom. The van der Waals surface area contributed by atoms with Gasteiger partial charge in [-0.3, -0.25) is 29.9 Å². The van der Waals surface area contributed by atoms with Gasteiger partial charge >= 0.3 is 34.5 Å². The zero-order chi connectivity index (χ0) is 33.5. The van der Waals surface area contributed by atoms with Crippen molar-refractivity contribution >= 4 is 102 Å². The maximum absolute atomic E-state index is 5.95. The fraction of sp³-hybridized carbons (Fsp3) is 0. The molecule has 0 aliphatic carbocycles. The second-order valence-corrected chi connectivity index (χ2v) is 13.0. The molecule has 0 bridgehead atoms. The van der Waals surface area contributed by atoms with Crippen LogP contribution < -0.4 is 17.2 Å². The molecule has 6 N–H and O–H groups in total. The predicted octanol–water partition coefficient (Wildman–Crippen LogP) is 8.47. The van der Waals surface area contributed by atoms with E-state index in [1.165, 1.54) is 0 Å². The molecule has 6 heterocycles. The van der Waals surface area contributed by atoms with Gasteiger partial charge in [0, 0.05) is 86.6 Å². The number of pyridine rings is 6. The van der Waals surface area contributed by atoms with Crippen LogP contribution in [0.3, 0.4) is 0 Å². The first-order chi connectivity index (χ1) is 23.5. The molecule has 9 rings (SSSR count). The summed E-state index contributed by atoms with van der Waals surface area (Å²) in [6.07, 6.45) is 10.6. The van der Waals surface area contributed by atoms with Crippen molar-refractivity contribution in [2.75, 3.05) is 17.2 Å². The van der Waals surface area contributed by atoms with E-state index >= 15 is 0 Å². The van der Waals surface area contributed by atoms with Gasteiger partial charge in [-0.2, -0.15) is 0 Å². The third-order valence-corrected chi connectivity index (χ3v) is 7.48. The van der Waals surface area contributed by atoms with Crippen LogP contribution in [0, 0.1) is 0 Å². The van der Waals surface area contributed by atoms with Crippen molar-refractivity contribution in [2.24, 2.45) is 0 Å². The van der Waals surface area contributed by atoms with Crippen LogP contribution in [0.5, 0.6) is 0 Å². The summed E-state index contributed by atoms with van der Waals surface area (Å²) in [5.41, 5.74) is 25.4. The Balaban J connectivity index is 0.000000120. The molecule has 0 aliphatic rings. The van der Waals surface area contributed by atoms with Crippen LogP contribution in [0.15, 0.2) is 128 Å². The summed E-state index contributed by atoms with van der Waals surface area (Å²) >= 11 is -0.346. The number of aromatic nitrogens is 6. The molecule has 9 aromatic rings. The van der Waals surface area contributed by atoms with Gasteiger partial charge in [0.1, 0.15) is 0 Å². The van der Waals surface area contributed by atoms with E-state index in [0.717, 1.165) is 82.5 Å². The van der Waals surface area contributed by atoms with Crippen LogP contribution in [0.2, 0.25) is 0 Å². The van der Waals surface area contributed by atoms with E-state index in [2.05, 4.69) is 29.9 Å². The van der Waals surface area contributed by atoms with Crippen molar-refractivity contribution in [2.45, 2.75) is 0 Å². The molecule has 48 heavy (non-hydrogen) atoms. The Bertz CT molecular complexity index is 2250. The molecule has 0 amide bonds. The number of anilines is 3. The molecule has 12 heteroatoms. The van der Waals surface area contributed by atoms with E-state index in [-0.39, 0.29) is 15.1 Å². The Morgan fingerprint density at radius 1 is 0.375 bits per heavy atom. The number of nitrogen functional groups attached to an aromatic ring is 3. The van der Waals surface area contributed by atoms with Crippen LogP contribution in [0.4, 0.5) is 17.1 Å². The SMILES string of the molecule is Nc1cc2cccnc2c2ncccc12.Nc1cc2cccnc2c2ncccc12.Nc1cc2cccnc2c2ncccc12.[Cl][Ru][Cl]. The van der Waals surface area contributed by atoms with Crippen LogP contribution in [-0.2, 0) is 15.1 Å². The van der Waals surface area contributed by atoms with Gasteiger partial charge in [-0.15, -0.1) is 0 Å². The fourth-order valence-corrected chi connectivity index (χ4v) is 5.41. The predicted molar refractivity (Wildman–Crippen MR) is 196 cm³/mol. The third kappa shape index (κ3) is 6.87. The average molecular weight is 758 g/mol. The summed E-state index contributed by atoms with van der Waals surface area (Å²) in [6.45, 7) is 0. The summed E-state index contributed by atoms with van der Waals surface area (Å²) in [4.78, 5) is 26.0. The molecule has 0 atom stereocenters. The van der Waals surface area contributed by atoms with Gasteiger partial charge in [0.25, 0.3) is 0 Å². The van der Waals surface area contributed by atoms with Crippen molar-refractivity contribution in [3.05, 3.63) is 128 Å². The summed E-state index contributed by atoms with van der Waals surface area (Å²) in [6, 6.07) is 29.0. The number of nitrogens with two attached hydrogens (primary N) is 3. The first-order valence-electron chi connectivity index (χ1n) is 14.5. The Kier molecular flexibility index (Phi) is 10.3. The minimum absolute atomic E-state index is 0.346. The summed E-state index contributed by atoms with van der Waals surface area (Å²) < 4.78 is 0. The van der Waals surface area contributed by atoms with E-state index in [4.69, 9.17) is 36.6 Å². The van der Waals surface area contributed by atoms with Crippen LogP contribution >= 0.6 is 19.4 Å². The Hall–Kier alpha value is -5.28. The van der Waals surface area contributed by atoms with Gasteiger partial charge < -0.3 is 17.2 Å². The molecule has 0 radical (unpaired) electrons. The monoisotopic (exact) mass is 757 g/mol. The quantitative estimate of drug-likeness (QED) is 0.0785. The number of halogens is 2. The van der Waals surface area contributed by atoms with E-state index in [1.807, 2.05) is 91.0 Å². The van der Waals surface area contributed by atoms with Crippen LogP contribution in [0.25, 0.3) is 65.4 Å². The van der Waals surface area contributed by atoms with E-state index in [9.17, 15) is 0 Å². The molecule has 0 saturated heterocycles. The third-order valence-electron chi connectivity index (χ3n) is 7.48. The molecule has 0 aliphatic heterocycles. The molecule has 0 unspecified atom stereocenters. The first-order valence-corrected chi connectivity index (χ1v) is 19.0. The molecule has 9 nitrogen and oxygen atoms in total. The minimum atomic E-state index is -0.346. The van der Waals surface area contributed by atoms with Crippen LogP contribution in [-0.4, -0.2) is 29.9 Å². The number of hydrogen-bond acceptors (Lipinski definition) is 9. The van der Waals surface area contributed by atoms with Crippen molar-refractivity contribution in [1.82, 2.24) is 29.9 Å². The van der Waals surface area contributed by atoms with Crippen molar-refractivity contribution < 1.29 is 15.1 Å². The topological polar surface area (TPSA) is 155 Å². The summed E-state index contributed by atoms with van der Waals surface area (Å²) in [5.74, 6) is 0. The van der Waals surface area contributed by atoms with E-state index < -0.39 is 0 Å². The van der Waals surface area contributed by atoms with Gasteiger partial charge in [0.2, 0.25) is 0 Å². The number of rotatable bonds is 0. The summed E-state index contributed by atoms with van der Waals surface area (Å²) in [5, 5.41) is 5.97. The number of benzene rings is 3. The number of hydrogen-bond donors (Lipinski definition) is 3. The van der Waals surface area contributed by atoms with Gasteiger partial charge in [-0.05, 0) is 72.8 Å². The molecule has 6 aromatic heterocycles. The summed E-state index contributed by atoms with van der Waals surface area (Å²) in [7, 11) is 9.71. The zero-order valence-corrected chi connectivity index (χ0v) is 28.4. The first kappa shape index (κ1) is 32.7. The fourth-order valence-electron chi connectivity index (χ4n) is 5.41. The molecule has 0 fully saturated rings. The molecule has 0 saturated carbocycles. The molecule has 0 spiro atoms. The second-order valence-electron chi connectivity index (χ2n) is 10.4. The number of nitrogens with zero attached hydrogens (tertiary/aromatic N) is 6. The standard InChI is InChI=1S/3C12H9N3.2ClH.Ru/c3*13-10-7-8-3-1-5-14-11(8)12-9(10)4-2-6-15-12;;;/h3*1-7H,13H2;2*1H;/q;;;;;+2/p-2. The normalized spacial score (nSPS) is 10.7.